The van der Waals surface area contributed by atoms with Crippen LogP contribution in [0.15, 0.2) is 0 Å². The van der Waals surface area contributed by atoms with Crippen LogP contribution in [-0.2, 0) is 0 Å². The largest absolute Gasteiger partial charge is 0.338 e. The summed E-state index contributed by atoms with van der Waals surface area (Å²) < 4.78 is 0. The molecule has 0 unspecified atom stereocenters. The van der Waals surface area contributed by atoms with Crippen LogP contribution in [0.5, 0.6) is 0 Å². The highest BCUT2D eigenvalue weighted by Gasteiger charge is 1.96. The molecular formula is C5H16N4O. The molecule has 0 aromatic carbocycles. The van der Waals surface area contributed by atoms with E-state index in [9.17, 15) is 4.79 Å². The van der Waals surface area contributed by atoms with E-state index in [2.05, 4.69) is 17.0 Å². The summed E-state index contributed by atoms with van der Waals surface area (Å²) in [6.07, 6.45) is 0. The minimum Gasteiger partial charge on any atom is -0.338 e. The van der Waals surface area contributed by atoms with Crippen molar-refractivity contribution in [3.05, 3.63) is 0 Å². The average molecular weight is 148 g/mol. The van der Waals surface area contributed by atoms with Crippen molar-refractivity contribution in [1.82, 2.24) is 10.2 Å². The van der Waals surface area contributed by atoms with Gasteiger partial charge >= 0.3 is 6.03 Å². The molecule has 62 valence electrons. The molecule has 0 bridgehead atoms. The molecule has 10 heavy (non-hydrogen) atoms. The fourth-order valence-corrected chi connectivity index (χ4v) is 0.309. The zero-order valence-corrected chi connectivity index (χ0v) is 6.72. The Balaban J connectivity index is 0. The van der Waals surface area contributed by atoms with Crippen LogP contribution in [0.1, 0.15) is 6.92 Å². The number of hydrazine groups is 1. The van der Waals surface area contributed by atoms with Gasteiger partial charge in [-0.1, -0.05) is 0 Å². The van der Waals surface area contributed by atoms with Gasteiger partial charge in [-0.05, 0) is 6.92 Å². The van der Waals surface area contributed by atoms with E-state index >= 15 is 0 Å². The van der Waals surface area contributed by atoms with Crippen molar-refractivity contribution in [2.75, 3.05) is 20.6 Å². The van der Waals surface area contributed by atoms with Gasteiger partial charge in [-0.3, -0.25) is 11.7 Å². The minimum absolute atomic E-state index is 0.0347. The van der Waals surface area contributed by atoms with Crippen LogP contribution in [0.2, 0.25) is 0 Å². The van der Waals surface area contributed by atoms with Crippen molar-refractivity contribution in [1.29, 1.82) is 0 Å². The van der Waals surface area contributed by atoms with E-state index < -0.39 is 0 Å². The van der Waals surface area contributed by atoms with Gasteiger partial charge in [0.1, 0.15) is 0 Å². The van der Waals surface area contributed by atoms with Crippen LogP contribution in [0.3, 0.4) is 0 Å². The smallest absolute Gasteiger partial charge is 0.316 e. The molecule has 2 amide bonds. The normalized spacial score (nSPS) is 7.30. The molecule has 5 N–H and O–H groups in total. The molecule has 0 heterocycles. The van der Waals surface area contributed by atoms with Gasteiger partial charge in [-0.2, -0.15) is 0 Å². The van der Waals surface area contributed by atoms with Crippen molar-refractivity contribution in [2.24, 2.45) is 11.7 Å². The van der Waals surface area contributed by atoms with Crippen LogP contribution < -0.4 is 17.0 Å². The van der Waals surface area contributed by atoms with Crippen LogP contribution in [0.4, 0.5) is 4.79 Å². The first-order valence-electron chi connectivity index (χ1n) is 2.97. The van der Waals surface area contributed by atoms with E-state index in [1.807, 2.05) is 6.92 Å². The highest BCUT2D eigenvalue weighted by Crippen LogP contribution is 1.73. The molecule has 0 rings (SSSR count). The van der Waals surface area contributed by atoms with E-state index in [1.54, 1.807) is 14.1 Å². The molecule has 0 aliphatic rings. The third-order valence-corrected chi connectivity index (χ3v) is 0.734. The van der Waals surface area contributed by atoms with Gasteiger partial charge in [0.2, 0.25) is 0 Å². The van der Waals surface area contributed by atoms with E-state index in [-0.39, 0.29) is 6.03 Å². The lowest BCUT2D eigenvalue weighted by atomic mass is 10.7. The first-order valence-corrected chi connectivity index (χ1v) is 2.97. The lowest BCUT2D eigenvalue weighted by Gasteiger charge is -2.09. The van der Waals surface area contributed by atoms with E-state index in [4.69, 9.17) is 0 Å². The van der Waals surface area contributed by atoms with Crippen molar-refractivity contribution in [2.45, 2.75) is 6.92 Å². The Morgan fingerprint density at radius 2 is 1.90 bits per heavy atom. The first-order chi connectivity index (χ1) is 4.68. The SMILES string of the molecule is CCNC(=O)N(C)C.NN. The lowest BCUT2D eigenvalue weighted by molar-refractivity contribution is 0.218. The van der Waals surface area contributed by atoms with E-state index in [0.29, 0.717) is 6.54 Å². The van der Waals surface area contributed by atoms with Crippen molar-refractivity contribution in [3.8, 4) is 0 Å². The average Bonchev–Trinajstić information content (AvgIpc) is 1.93. The Morgan fingerprint density at radius 1 is 1.50 bits per heavy atom. The second-order valence-corrected chi connectivity index (χ2v) is 1.73. The third kappa shape index (κ3) is 7.19. The van der Waals surface area contributed by atoms with Crippen LogP contribution >= 0.6 is 0 Å². The molecule has 0 spiro atoms. The second kappa shape index (κ2) is 8.19. The standard InChI is InChI=1S/C5H12N2O.H4N2/c1-4-6-5(8)7(2)3;1-2/h4H2,1-3H3,(H,6,8);1-2H2. The fraction of sp³-hybridized carbons (Fsp3) is 0.800. The Kier molecular flexibility index (Phi) is 9.77. The summed E-state index contributed by atoms with van der Waals surface area (Å²) in [5.74, 6) is 8.00. The summed E-state index contributed by atoms with van der Waals surface area (Å²) in [5.41, 5.74) is 0. The Hall–Kier alpha value is -0.810. The second-order valence-electron chi connectivity index (χ2n) is 1.73. The predicted molar refractivity (Wildman–Crippen MR) is 41.1 cm³/mol. The van der Waals surface area contributed by atoms with E-state index in [0.717, 1.165) is 0 Å². The number of nitrogens with one attached hydrogen (secondary N) is 1. The van der Waals surface area contributed by atoms with E-state index in [1.165, 1.54) is 4.90 Å². The first kappa shape index (κ1) is 11.9. The number of rotatable bonds is 1. The van der Waals surface area contributed by atoms with Crippen molar-refractivity contribution < 1.29 is 4.79 Å². The zero-order valence-electron chi connectivity index (χ0n) is 6.72. The number of hydrogen-bond donors (Lipinski definition) is 3. The molecule has 0 fully saturated rings. The van der Waals surface area contributed by atoms with Gasteiger partial charge in [0.05, 0.1) is 0 Å². The van der Waals surface area contributed by atoms with Gasteiger partial charge < -0.3 is 10.2 Å². The summed E-state index contributed by atoms with van der Waals surface area (Å²) in [6.45, 7) is 2.58. The zero-order chi connectivity index (χ0) is 8.57. The Labute approximate surface area is 61.3 Å². The van der Waals surface area contributed by atoms with Crippen molar-refractivity contribution in [3.63, 3.8) is 0 Å². The maximum Gasteiger partial charge on any atom is 0.316 e. The van der Waals surface area contributed by atoms with Gasteiger partial charge in [0.25, 0.3) is 0 Å². The number of urea groups is 1. The number of hydrogen-bond acceptors (Lipinski definition) is 3. The lowest BCUT2D eigenvalue weighted by Crippen LogP contribution is -2.34. The molecule has 0 radical (unpaired) electrons. The van der Waals surface area contributed by atoms with Crippen LogP contribution in [0, 0.1) is 0 Å². The number of nitrogens with zero attached hydrogens (tertiary/aromatic N) is 1. The predicted octanol–water partition coefficient (Wildman–Crippen LogP) is -0.904. The Morgan fingerprint density at radius 3 is 2.00 bits per heavy atom. The number of carbonyl (C=O) groups excluding carboxylic acids is 1. The van der Waals surface area contributed by atoms with Gasteiger partial charge in [-0.25, -0.2) is 4.79 Å². The number of amides is 2. The number of nitrogens with two attached hydrogens (primary N) is 2. The highest BCUT2D eigenvalue weighted by atomic mass is 16.2. The van der Waals surface area contributed by atoms with Gasteiger partial charge in [0, 0.05) is 20.6 Å². The summed E-state index contributed by atoms with van der Waals surface area (Å²) >= 11 is 0. The monoisotopic (exact) mass is 148 g/mol. The maximum absolute atomic E-state index is 10.6. The molecule has 0 saturated heterocycles. The molecule has 0 aliphatic carbocycles. The van der Waals surface area contributed by atoms with Gasteiger partial charge in [-0.15, -0.1) is 0 Å². The number of carbonyl (C=O) groups is 1. The molecule has 0 aromatic heterocycles. The molecule has 5 nitrogen and oxygen atoms in total. The molecule has 0 aromatic rings. The minimum atomic E-state index is -0.0347. The summed E-state index contributed by atoms with van der Waals surface area (Å²) in [4.78, 5) is 12.1. The Bertz CT molecular complexity index is 83.7. The fourth-order valence-electron chi connectivity index (χ4n) is 0.309. The quantitative estimate of drug-likeness (QED) is 0.332. The topological polar surface area (TPSA) is 84.4 Å². The summed E-state index contributed by atoms with van der Waals surface area (Å²) in [5, 5.41) is 2.63. The molecule has 0 saturated carbocycles. The molecular weight excluding hydrogens is 132 g/mol. The van der Waals surface area contributed by atoms with Gasteiger partial charge in [0.15, 0.2) is 0 Å². The summed E-state index contributed by atoms with van der Waals surface area (Å²) in [7, 11) is 3.43. The molecule has 0 aliphatic heterocycles. The van der Waals surface area contributed by atoms with Crippen LogP contribution in [0.25, 0.3) is 0 Å². The third-order valence-electron chi connectivity index (χ3n) is 0.734. The summed E-state index contributed by atoms with van der Waals surface area (Å²) in [6, 6.07) is -0.0347. The highest BCUT2D eigenvalue weighted by molar-refractivity contribution is 5.73. The molecule has 0 atom stereocenters. The van der Waals surface area contributed by atoms with Crippen LogP contribution in [-0.4, -0.2) is 31.6 Å². The maximum atomic E-state index is 10.6. The van der Waals surface area contributed by atoms with Crippen molar-refractivity contribution >= 4 is 6.03 Å². The molecule has 5 heteroatoms.